The molecule has 6 heteroatoms. The SMILES string of the molecule is CCC[C@@]1(C(=O)O)CCC(C)(C)CC1C(C)OC(C)(C)C1OC23OC1CC(C)C2CCC3O. The third kappa shape index (κ3) is 4.07. The molecule has 0 aromatic rings. The highest BCUT2D eigenvalue weighted by Crippen LogP contribution is 2.58. The van der Waals surface area contributed by atoms with Gasteiger partial charge in [0.2, 0.25) is 0 Å². The number of carboxylic acids is 1. The van der Waals surface area contributed by atoms with Crippen molar-refractivity contribution in [1.82, 2.24) is 0 Å². The summed E-state index contributed by atoms with van der Waals surface area (Å²) in [7, 11) is 0. The molecule has 2 N–H and O–H groups in total. The van der Waals surface area contributed by atoms with E-state index >= 15 is 0 Å². The molecule has 0 radical (unpaired) electrons. The highest BCUT2D eigenvalue weighted by Gasteiger charge is 2.67. The van der Waals surface area contributed by atoms with Crippen LogP contribution in [-0.2, 0) is 19.0 Å². The summed E-state index contributed by atoms with van der Waals surface area (Å²) in [5.41, 5.74) is -1.32. The van der Waals surface area contributed by atoms with Gasteiger partial charge in [-0.1, -0.05) is 34.1 Å². The van der Waals surface area contributed by atoms with Crippen LogP contribution in [0.3, 0.4) is 0 Å². The first-order valence-corrected chi connectivity index (χ1v) is 13.2. The van der Waals surface area contributed by atoms with E-state index in [1.807, 2.05) is 13.8 Å². The first-order valence-electron chi connectivity index (χ1n) is 13.2. The van der Waals surface area contributed by atoms with Crippen LogP contribution in [0.1, 0.15) is 99.8 Å². The minimum Gasteiger partial charge on any atom is -0.481 e. The van der Waals surface area contributed by atoms with Gasteiger partial charge in [0, 0.05) is 11.8 Å². The van der Waals surface area contributed by atoms with Crippen LogP contribution in [0, 0.1) is 28.6 Å². The molecule has 33 heavy (non-hydrogen) atoms. The van der Waals surface area contributed by atoms with Crippen molar-refractivity contribution in [2.45, 2.75) is 136 Å². The van der Waals surface area contributed by atoms with E-state index in [1.54, 1.807) is 0 Å². The van der Waals surface area contributed by atoms with Crippen LogP contribution < -0.4 is 0 Å². The normalized spacial score (nSPS) is 45.6. The van der Waals surface area contributed by atoms with Crippen LogP contribution in [-0.4, -0.2) is 52.0 Å². The Bertz CT molecular complexity index is 749. The van der Waals surface area contributed by atoms with Gasteiger partial charge in [-0.05, 0) is 77.0 Å². The van der Waals surface area contributed by atoms with Crippen molar-refractivity contribution >= 4 is 5.97 Å². The Labute approximate surface area is 199 Å². The van der Waals surface area contributed by atoms with Crippen LogP contribution in [0.25, 0.3) is 0 Å². The Balaban J connectivity index is 1.57. The lowest BCUT2D eigenvalue weighted by atomic mass is 9.56. The summed E-state index contributed by atoms with van der Waals surface area (Å²) in [6.45, 7) is 15.0. The standard InChI is InChI=1S/C27H46O6/c1-8-11-26(23(29)30)13-12-24(4,5)15-19(26)17(3)31-25(6,7)22-20-14-16(2)18-9-10-21(28)27(18,32-20)33-22/h16-22,28H,8-15H2,1-7H3,(H,29,30)/t16?,17?,18?,19?,20?,21?,22?,26-,27?/m1/s1. The highest BCUT2D eigenvalue weighted by molar-refractivity contribution is 5.75. The van der Waals surface area contributed by atoms with Crippen LogP contribution in [0.15, 0.2) is 0 Å². The van der Waals surface area contributed by atoms with Gasteiger partial charge in [0.15, 0.2) is 5.79 Å². The summed E-state index contributed by atoms with van der Waals surface area (Å²) in [4.78, 5) is 12.6. The number of carboxylic acid groups (broad SMARTS) is 1. The van der Waals surface area contributed by atoms with E-state index in [9.17, 15) is 15.0 Å². The Morgan fingerprint density at radius 3 is 2.55 bits per heavy atom. The van der Waals surface area contributed by atoms with E-state index < -0.39 is 28.9 Å². The second-order valence-corrected chi connectivity index (χ2v) is 12.9. The van der Waals surface area contributed by atoms with Crippen molar-refractivity contribution in [3.8, 4) is 0 Å². The Morgan fingerprint density at radius 2 is 1.91 bits per heavy atom. The number of hydrogen-bond acceptors (Lipinski definition) is 5. The quantitative estimate of drug-likeness (QED) is 0.539. The second-order valence-electron chi connectivity index (χ2n) is 12.9. The zero-order valence-corrected chi connectivity index (χ0v) is 21.7. The van der Waals surface area contributed by atoms with E-state index in [-0.39, 0.29) is 35.6 Å². The fourth-order valence-corrected chi connectivity index (χ4v) is 7.90. The molecule has 2 saturated carbocycles. The van der Waals surface area contributed by atoms with Crippen LogP contribution >= 0.6 is 0 Å². The molecule has 1 spiro atoms. The molecule has 6 nitrogen and oxygen atoms in total. The predicted molar refractivity (Wildman–Crippen MR) is 126 cm³/mol. The summed E-state index contributed by atoms with van der Waals surface area (Å²) >= 11 is 0. The molecular formula is C27H46O6. The monoisotopic (exact) mass is 466 g/mol. The minimum atomic E-state index is -0.906. The molecule has 0 aromatic carbocycles. The van der Waals surface area contributed by atoms with Gasteiger partial charge in [0.25, 0.3) is 0 Å². The van der Waals surface area contributed by atoms with E-state index in [2.05, 4.69) is 34.6 Å². The number of ether oxygens (including phenoxy) is 3. The van der Waals surface area contributed by atoms with Crippen molar-refractivity contribution in [3.05, 3.63) is 0 Å². The summed E-state index contributed by atoms with van der Waals surface area (Å²) in [6.07, 6.45) is 5.28. The lowest BCUT2D eigenvalue weighted by Crippen LogP contribution is -2.54. The van der Waals surface area contributed by atoms with Crippen molar-refractivity contribution in [1.29, 1.82) is 0 Å². The fourth-order valence-electron chi connectivity index (χ4n) is 7.90. The molecule has 2 bridgehead atoms. The third-order valence-electron chi connectivity index (χ3n) is 9.60. The molecule has 190 valence electrons. The second kappa shape index (κ2) is 8.46. The molecule has 4 rings (SSSR count). The predicted octanol–water partition coefficient (Wildman–Crippen LogP) is 5.16. The highest BCUT2D eigenvalue weighted by atomic mass is 16.8. The third-order valence-corrected chi connectivity index (χ3v) is 9.60. The molecule has 8 unspecified atom stereocenters. The first-order chi connectivity index (χ1) is 15.3. The van der Waals surface area contributed by atoms with Gasteiger partial charge < -0.3 is 24.4 Å². The van der Waals surface area contributed by atoms with Crippen molar-refractivity contribution in [2.24, 2.45) is 28.6 Å². The molecule has 2 saturated heterocycles. The van der Waals surface area contributed by atoms with E-state index in [4.69, 9.17) is 14.2 Å². The maximum atomic E-state index is 12.6. The Kier molecular flexibility index (Phi) is 6.51. The number of carbonyl (C=O) groups is 1. The van der Waals surface area contributed by atoms with E-state index in [0.717, 1.165) is 32.1 Å². The van der Waals surface area contributed by atoms with Crippen molar-refractivity contribution < 1.29 is 29.2 Å². The zero-order valence-electron chi connectivity index (χ0n) is 21.7. The summed E-state index contributed by atoms with van der Waals surface area (Å²) < 4.78 is 19.8. The Morgan fingerprint density at radius 1 is 1.21 bits per heavy atom. The lowest BCUT2D eigenvalue weighted by Gasteiger charge is -2.50. The summed E-state index contributed by atoms with van der Waals surface area (Å²) in [5.74, 6) is -1.01. The lowest BCUT2D eigenvalue weighted by molar-refractivity contribution is -0.273. The van der Waals surface area contributed by atoms with Gasteiger partial charge in [-0.2, -0.15) is 0 Å². The molecular weight excluding hydrogens is 420 g/mol. The number of aliphatic carboxylic acids is 1. The minimum absolute atomic E-state index is 0.0680. The Hall–Kier alpha value is -0.690. The average molecular weight is 467 g/mol. The number of fused-ring (bicyclic) bond motifs is 1. The molecule has 0 amide bonds. The van der Waals surface area contributed by atoms with Gasteiger partial charge in [-0.15, -0.1) is 0 Å². The number of hydrogen-bond donors (Lipinski definition) is 2. The molecule has 2 aliphatic carbocycles. The van der Waals surface area contributed by atoms with E-state index in [1.165, 1.54) is 0 Å². The summed E-state index contributed by atoms with van der Waals surface area (Å²) in [6, 6.07) is 0. The van der Waals surface area contributed by atoms with Gasteiger partial charge >= 0.3 is 5.97 Å². The van der Waals surface area contributed by atoms with Gasteiger partial charge in [-0.25, -0.2) is 0 Å². The van der Waals surface area contributed by atoms with Crippen molar-refractivity contribution in [2.75, 3.05) is 0 Å². The molecule has 9 atom stereocenters. The van der Waals surface area contributed by atoms with Crippen molar-refractivity contribution in [3.63, 3.8) is 0 Å². The van der Waals surface area contributed by atoms with Gasteiger partial charge in [0.05, 0.1) is 23.2 Å². The van der Waals surface area contributed by atoms with Crippen LogP contribution in [0.4, 0.5) is 0 Å². The maximum Gasteiger partial charge on any atom is 0.310 e. The molecule has 4 fully saturated rings. The summed E-state index contributed by atoms with van der Waals surface area (Å²) in [5, 5.41) is 21.2. The molecule has 2 aliphatic heterocycles. The number of aliphatic hydroxyl groups excluding tert-OH is 1. The van der Waals surface area contributed by atoms with E-state index in [0.29, 0.717) is 25.2 Å². The number of aliphatic hydroxyl groups is 1. The van der Waals surface area contributed by atoms with Gasteiger partial charge in [-0.3, -0.25) is 4.79 Å². The average Bonchev–Trinajstić information content (AvgIpc) is 3.21. The van der Waals surface area contributed by atoms with Crippen LogP contribution in [0.2, 0.25) is 0 Å². The first kappa shape index (κ1) is 25.4. The fraction of sp³-hybridized carbons (Fsp3) is 0.963. The maximum absolute atomic E-state index is 12.6. The van der Waals surface area contributed by atoms with Gasteiger partial charge in [0.1, 0.15) is 12.2 Å². The topological polar surface area (TPSA) is 85.2 Å². The zero-order chi connectivity index (χ0) is 24.4. The number of rotatable bonds is 7. The van der Waals surface area contributed by atoms with Crippen LogP contribution in [0.5, 0.6) is 0 Å². The largest absolute Gasteiger partial charge is 0.481 e. The molecule has 4 aliphatic rings. The smallest absolute Gasteiger partial charge is 0.310 e. The molecule has 0 aromatic heterocycles. The molecule has 2 heterocycles.